The van der Waals surface area contributed by atoms with Crippen LogP contribution in [0, 0.1) is 5.82 Å². The fraction of sp³-hybridized carbons (Fsp3) is 0.250. The molecule has 0 aliphatic heterocycles. The molecule has 0 radical (unpaired) electrons. The maximum atomic E-state index is 13.1. The van der Waals surface area contributed by atoms with E-state index in [1.54, 1.807) is 0 Å². The first-order chi connectivity index (χ1) is 9.35. The Morgan fingerprint density at radius 1 is 1.35 bits per heavy atom. The van der Waals surface area contributed by atoms with Crippen LogP contribution in [0.15, 0.2) is 22.7 Å². The third kappa shape index (κ3) is 4.30. The zero-order valence-corrected chi connectivity index (χ0v) is 12.2. The van der Waals surface area contributed by atoms with E-state index in [1.165, 1.54) is 13.0 Å². The van der Waals surface area contributed by atoms with Gasteiger partial charge in [-0.3, -0.25) is 10.1 Å². The molecule has 2 amide bonds. The molecule has 1 aromatic rings. The van der Waals surface area contributed by atoms with Crippen molar-refractivity contribution < 1.29 is 28.2 Å². The number of benzene rings is 1. The molecule has 20 heavy (non-hydrogen) atoms. The molecule has 0 aliphatic carbocycles. The SMILES string of the molecule is COC(=O)NC(=O)[C@H](C)OC(=O)c1cc(F)ccc1Br. The van der Waals surface area contributed by atoms with Crippen LogP contribution in [0.3, 0.4) is 0 Å². The fourth-order valence-electron chi connectivity index (χ4n) is 1.18. The number of carbonyl (C=O) groups excluding carboxylic acids is 3. The molecular weight excluding hydrogens is 337 g/mol. The van der Waals surface area contributed by atoms with Gasteiger partial charge in [0, 0.05) is 4.47 Å². The molecular formula is C12H11BrFNO5. The number of imide groups is 1. The zero-order valence-electron chi connectivity index (χ0n) is 10.6. The number of rotatable bonds is 3. The average Bonchev–Trinajstić information content (AvgIpc) is 2.40. The lowest BCUT2D eigenvalue weighted by Crippen LogP contribution is -2.39. The molecule has 0 heterocycles. The highest BCUT2D eigenvalue weighted by molar-refractivity contribution is 9.10. The van der Waals surface area contributed by atoms with Crippen LogP contribution in [0.5, 0.6) is 0 Å². The quantitative estimate of drug-likeness (QED) is 0.846. The van der Waals surface area contributed by atoms with Gasteiger partial charge < -0.3 is 9.47 Å². The van der Waals surface area contributed by atoms with Gasteiger partial charge in [0.2, 0.25) is 0 Å². The Kier molecular flexibility index (Phi) is 5.63. The number of halogens is 2. The van der Waals surface area contributed by atoms with E-state index in [0.29, 0.717) is 4.47 Å². The number of nitrogens with one attached hydrogen (secondary N) is 1. The first kappa shape index (κ1) is 16.1. The van der Waals surface area contributed by atoms with E-state index in [9.17, 15) is 18.8 Å². The van der Waals surface area contributed by atoms with Crippen LogP contribution in [0.2, 0.25) is 0 Å². The number of amides is 2. The van der Waals surface area contributed by atoms with Gasteiger partial charge in [-0.25, -0.2) is 14.0 Å². The second-order valence-electron chi connectivity index (χ2n) is 3.65. The number of ether oxygens (including phenoxy) is 2. The van der Waals surface area contributed by atoms with E-state index in [2.05, 4.69) is 20.7 Å². The van der Waals surface area contributed by atoms with Crippen molar-refractivity contribution in [1.82, 2.24) is 5.32 Å². The van der Waals surface area contributed by atoms with Crippen LogP contribution in [-0.2, 0) is 14.3 Å². The molecule has 0 bridgehead atoms. The maximum Gasteiger partial charge on any atom is 0.413 e. The van der Waals surface area contributed by atoms with E-state index >= 15 is 0 Å². The van der Waals surface area contributed by atoms with Gasteiger partial charge in [0.05, 0.1) is 12.7 Å². The third-order valence-corrected chi connectivity index (χ3v) is 2.90. The molecule has 0 spiro atoms. The maximum absolute atomic E-state index is 13.1. The van der Waals surface area contributed by atoms with Gasteiger partial charge in [-0.15, -0.1) is 0 Å². The number of esters is 1. The Morgan fingerprint density at radius 3 is 2.60 bits per heavy atom. The van der Waals surface area contributed by atoms with Gasteiger partial charge in [-0.1, -0.05) is 0 Å². The van der Waals surface area contributed by atoms with Crippen molar-refractivity contribution in [3.05, 3.63) is 34.1 Å². The smallest absolute Gasteiger partial charge is 0.413 e. The van der Waals surface area contributed by atoms with Crippen LogP contribution in [0.4, 0.5) is 9.18 Å². The Hall–Kier alpha value is -1.96. The van der Waals surface area contributed by atoms with Gasteiger partial charge >= 0.3 is 12.1 Å². The molecule has 0 aliphatic rings. The first-order valence-electron chi connectivity index (χ1n) is 5.40. The largest absolute Gasteiger partial charge is 0.453 e. The van der Waals surface area contributed by atoms with Crippen molar-refractivity contribution in [2.75, 3.05) is 7.11 Å². The highest BCUT2D eigenvalue weighted by atomic mass is 79.9. The van der Waals surface area contributed by atoms with Crippen molar-refractivity contribution in [2.24, 2.45) is 0 Å². The van der Waals surface area contributed by atoms with E-state index in [1.807, 2.05) is 5.32 Å². The molecule has 1 aromatic carbocycles. The first-order valence-corrected chi connectivity index (χ1v) is 6.19. The van der Waals surface area contributed by atoms with Crippen molar-refractivity contribution in [3.8, 4) is 0 Å². The molecule has 1 N–H and O–H groups in total. The highest BCUT2D eigenvalue weighted by Gasteiger charge is 2.22. The minimum absolute atomic E-state index is 0.0669. The lowest BCUT2D eigenvalue weighted by Gasteiger charge is -2.13. The van der Waals surface area contributed by atoms with Gasteiger partial charge in [0.15, 0.2) is 6.10 Å². The molecule has 0 saturated carbocycles. The van der Waals surface area contributed by atoms with Crippen LogP contribution in [0.1, 0.15) is 17.3 Å². The van der Waals surface area contributed by atoms with E-state index in [4.69, 9.17) is 4.74 Å². The lowest BCUT2D eigenvalue weighted by atomic mass is 10.2. The summed E-state index contributed by atoms with van der Waals surface area (Å²) in [5.41, 5.74) is -0.0669. The van der Waals surface area contributed by atoms with Gasteiger partial charge in [-0.2, -0.15) is 0 Å². The van der Waals surface area contributed by atoms with Crippen LogP contribution in [0.25, 0.3) is 0 Å². The predicted octanol–water partition coefficient (Wildman–Crippen LogP) is 2.02. The van der Waals surface area contributed by atoms with E-state index in [-0.39, 0.29) is 5.56 Å². The minimum Gasteiger partial charge on any atom is -0.453 e. The monoisotopic (exact) mass is 347 g/mol. The van der Waals surface area contributed by atoms with Crippen molar-refractivity contribution in [3.63, 3.8) is 0 Å². The van der Waals surface area contributed by atoms with E-state index in [0.717, 1.165) is 19.2 Å². The Morgan fingerprint density at radius 2 is 2.00 bits per heavy atom. The molecule has 0 saturated heterocycles. The molecule has 0 unspecified atom stereocenters. The number of hydrogen-bond acceptors (Lipinski definition) is 5. The highest BCUT2D eigenvalue weighted by Crippen LogP contribution is 2.19. The topological polar surface area (TPSA) is 81.7 Å². The molecule has 0 fully saturated rings. The second-order valence-corrected chi connectivity index (χ2v) is 4.51. The Balaban J connectivity index is 2.72. The fourth-order valence-corrected chi connectivity index (χ4v) is 1.59. The lowest BCUT2D eigenvalue weighted by molar-refractivity contribution is -0.128. The summed E-state index contributed by atoms with van der Waals surface area (Å²) in [7, 11) is 1.09. The number of methoxy groups -OCH3 is 1. The third-order valence-electron chi connectivity index (χ3n) is 2.21. The minimum atomic E-state index is -1.24. The second kappa shape index (κ2) is 6.99. The summed E-state index contributed by atoms with van der Waals surface area (Å²) >= 11 is 3.07. The summed E-state index contributed by atoms with van der Waals surface area (Å²) in [4.78, 5) is 34.1. The number of carbonyl (C=O) groups is 3. The normalized spacial score (nSPS) is 11.4. The van der Waals surface area contributed by atoms with Gasteiger partial charge in [-0.05, 0) is 41.1 Å². The van der Waals surface area contributed by atoms with Crippen LogP contribution >= 0.6 is 15.9 Å². The average molecular weight is 348 g/mol. The molecule has 8 heteroatoms. The van der Waals surface area contributed by atoms with Crippen LogP contribution in [-0.4, -0.2) is 31.2 Å². The standard InChI is InChI=1S/C12H11BrFNO5/c1-6(10(16)15-12(18)19-2)20-11(17)8-5-7(14)3-4-9(8)13/h3-6H,1-2H3,(H,15,16,18)/t6-/m0/s1. The number of hydrogen-bond donors (Lipinski definition) is 1. The molecule has 1 rings (SSSR count). The molecule has 1 atom stereocenters. The summed E-state index contributed by atoms with van der Waals surface area (Å²) in [6.07, 6.45) is -2.21. The Labute approximate surface area is 122 Å². The summed E-state index contributed by atoms with van der Waals surface area (Å²) in [5.74, 6) is -2.37. The summed E-state index contributed by atoms with van der Waals surface area (Å²) < 4.78 is 22.4. The van der Waals surface area contributed by atoms with Crippen LogP contribution < -0.4 is 5.32 Å². The van der Waals surface area contributed by atoms with Crippen molar-refractivity contribution in [2.45, 2.75) is 13.0 Å². The predicted molar refractivity (Wildman–Crippen MR) is 69.5 cm³/mol. The summed E-state index contributed by atoms with van der Waals surface area (Å²) in [6.45, 7) is 1.27. The van der Waals surface area contributed by atoms with Crippen molar-refractivity contribution >= 4 is 33.9 Å². The number of alkyl carbamates (subject to hydrolysis) is 1. The van der Waals surface area contributed by atoms with Crippen molar-refractivity contribution in [1.29, 1.82) is 0 Å². The zero-order chi connectivity index (χ0) is 15.3. The summed E-state index contributed by atoms with van der Waals surface area (Å²) in [5, 5.41) is 1.85. The molecule has 6 nitrogen and oxygen atoms in total. The molecule has 0 aromatic heterocycles. The van der Waals surface area contributed by atoms with Gasteiger partial charge in [0.1, 0.15) is 5.82 Å². The van der Waals surface area contributed by atoms with E-state index < -0.39 is 29.9 Å². The summed E-state index contributed by atoms with van der Waals surface area (Å²) in [6, 6.07) is 3.47. The molecule has 108 valence electrons. The Bertz CT molecular complexity index is 549. The van der Waals surface area contributed by atoms with Gasteiger partial charge in [0.25, 0.3) is 5.91 Å².